The molecule has 3 rings (SSSR count). The predicted molar refractivity (Wildman–Crippen MR) is 262 cm³/mol. The van der Waals surface area contributed by atoms with Crippen LogP contribution < -0.4 is 65.5 Å². The number of carbonyl (C=O) groups excluding carboxylic acids is 11. The zero-order valence-electron chi connectivity index (χ0n) is 40.6. The summed E-state index contributed by atoms with van der Waals surface area (Å²) in [5.74, 6) is -9.96. The summed E-state index contributed by atoms with van der Waals surface area (Å²) in [7, 11) is 2.13. The van der Waals surface area contributed by atoms with E-state index in [0.29, 0.717) is 25.8 Å². The molecule has 0 unspecified atom stereocenters. The van der Waals surface area contributed by atoms with Gasteiger partial charge in [-0.05, 0) is 50.5 Å². The monoisotopic (exact) mass is 1030 g/mol. The molecule has 0 radical (unpaired) electrons. The summed E-state index contributed by atoms with van der Waals surface area (Å²) in [6, 6.07) is -10.5. The molecule has 11 amide bonds. The van der Waals surface area contributed by atoms with Crippen LogP contribution >= 0.6 is 21.6 Å². The fourth-order valence-corrected chi connectivity index (χ4v) is 10.6. The SMILES string of the molecule is CC[C@H](C)[C@@H]1NC(=O)[C@H](CC2CCCCC2)NC(=O)[C@@H](N)CSSC[C@@H](C(=O)N2CCC[C@H]2C(=O)N[C@@H](CCCNC(C)C)C(=O)NCC(N)=O)NC(=O)[C@H](CC(N)=O)NC(=O)[C@H](CC(N)=O)NC1=O. The fourth-order valence-electron chi connectivity index (χ4n) is 8.37. The lowest BCUT2D eigenvalue weighted by Crippen LogP contribution is -2.62. The van der Waals surface area contributed by atoms with Crippen molar-refractivity contribution in [1.82, 2.24) is 47.4 Å². The molecule has 2 saturated heterocycles. The van der Waals surface area contributed by atoms with E-state index in [4.69, 9.17) is 22.9 Å². The minimum atomic E-state index is -1.76. The van der Waals surface area contributed by atoms with Gasteiger partial charge in [0.05, 0.1) is 25.4 Å². The van der Waals surface area contributed by atoms with Gasteiger partial charge >= 0.3 is 0 Å². The second kappa shape index (κ2) is 29.8. The van der Waals surface area contributed by atoms with Crippen molar-refractivity contribution in [3.05, 3.63) is 0 Å². The summed E-state index contributed by atoms with van der Waals surface area (Å²) < 4.78 is 0. The third kappa shape index (κ3) is 19.9. The molecule has 0 aromatic carbocycles. The second-order valence-corrected chi connectivity index (χ2v) is 21.1. The first kappa shape index (κ1) is 59.1. The van der Waals surface area contributed by atoms with Crippen molar-refractivity contribution in [2.24, 2.45) is 34.8 Å². The van der Waals surface area contributed by atoms with Crippen LogP contribution in [0.1, 0.15) is 111 Å². The minimum Gasteiger partial charge on any atom is -0.370 e. The van der Waals surface area contributed by atoms with Crippen LogP contribution in [0.4, 0.5) is 0 Å². The minimum absolute atomic E-state index is 0.0245. The molecule has 16 N–H and O–H groups in total. The number of carbonyl (C=O) groups is 11. The Morgan fingerprint density at radius 1 is 0.714 bits per heavy atom. The number of amides is 11. The van der Waals surface area contributed by atoms with Gasteiger partial charge in [-0.15, -0.1) is 0 Å². The van der Waals surface area contributed by atoms with E-state index >= 15 is 0 Å². The maximum Gasteiger partial charge on any atom is 0.246 e. The Bertz CT molecular complexity index is 1870. The number of nitrogens with zero attached hydrogens (tertiary/aromatic N) is 1. The largest absolute Gasteiger partial charge is 0.370 e. The van der Waals surface area contributed by atoms with E-state index in [1.165, 1.54) is 4.90 Å². The first-order chi connectivity index (χ1) is 33.1. The highest BCUT2D eigenvalue weighted by Gasteiger charge is 2.41. The highest BCUT2D eigenvalue weighted by atomic mass is 33.1. The smallest absolute Gasteiger partial charge is 0.246 e. The molecule has 394 valence electrons. The third-order valence-electron chi connectivity index (χ3n) is 12.4. The maximum absolute atomic E-state index is 14.6. The topological polar surface area (TPSA) is 391 Å². The average Bonchev–Trinajstić information content (AvgIpc) is 3.80. The molecule has 2 aliphatic heterocycles. The van der Waals surface area contributed by atoms with Crippen molar-refractivity contribution in [2.75, 3.05) is 31.1 Å². The van der Waals surface area contributed by atoms with Crippen LogP contribution in [0.25, 0.3) is 0 Å². The van der Waals surface area contributed by atoms with Gasteiger partial charge in [0.1, 0.15) is 42.3 Å². The van der Waals surface area contributed by atoms with E-state index in [0.717, 1.165) is 53.7 Å². The molecule has 70 heavy (non-hydrogen) atoms. The lowest BCUT2D eigenvalue weighted by molar-refractivity contribution is -0.142. The standard InChI is InChI=1S/C44H75N13O11S2/c1-5-24(4)36-43(67)54-30(19-34(47)59)39(63)53-29(18-33(46)58)40(64)55-31(22-70-69-21-26(45)37(61)52-28(41(65)56-36)17-25-11-7-6-8-12-25)44(68)57-16-10-14-32(57)42(66)51-27(13-9-15-49-23(2)3)38(62)50-20-35(48)60/h23-32,36,49H,5-22,45H2,1-4H3,(H2,46,58)(H2,47,59)(H2,48,60)(H,50,62)(H,51,66)(H,52,61)(H,53,63)(H,54,67)(H,55,64)(H,56,65)/t24-,26-,27-,28-,29-,30-,31-,32-,36-/m0/s1. The van der Waals surface area contributed by atoms with Crippen molar-refractivity contribution < 1.29 is 52.7 Å². The predicted octanol–water partition coefficient (Wildman–Crippen LogP) is -3.24. The summed E-state index contributed by atoms with van der Waals surface area (Å²) in [6.45, 7) is 7.46. The maximum atomic E-state index is 14.6. The van der Waals surface area contributed by atoms with Gasteiger partial charge in [0.25, 0.3) is 0 Å². The van der Waals surface area contributed by atoms with Crippen LogP contribution in [0.15, 0.2) is 0 Å². The number of rotatable bonds is 19. The summed E-state index contributed by atoms with van der Waals surface area (Å²) in [6.07, 6.45) is 4.87. The van der Waals surface area contributed by atoms with Crippen LogP contribution in [-0.4, -0.2) is 155 Å². The molecule has 3 fully saturated rings. The lowest BCUT2D eigenvalue weighted by atomic mass is 9.84. The summed E-state index contributed by atoms with van der Waals surface area (Å²) in [4.78, 5) is 149. The van der Waals surface area contributed by atoms with Gasteiger partial charge in [-0.2, -0.15) is 0 Å². The fraction of sp³-hybridized carbons (Fsp3) is 0.750. The molecule has 1 saturated carbocycles. The highest BCUT2D eigenvalue weighted by Crippen LogP contribution is 2.29. The number of nitrogens with two attached hydrogens (primary N) is 4. The molecule has 1 aliphatic carbocycles. The summed E-state index contributed by atoms with van der Waals surface area (Å²) in [5, 5.41) is 21.3. The summed E-state index contributed by atoms with van der Waals surface area (Å²) >= 11 is 0. The summed E-state index contributed by atoms with van der Waals surface area (Å²) in [5.41, 5.74) is 22.6. The highest BCUT2D eigenvalue weighted by molar-refractivity contribution is 8.76. The van der Waals surface area contributed by atoms with E-state index in [2.05, 4.69) is 42.5 Å². The quantitative estimate of drug-likeness (QED) is 0.0447. The molecule has 9 atom stereocenters. The molecule has 0 aromatic heterocycles. The molecular weight excluding hydrogens is 951 g/mol. The van der Waals surface area contributed by atoms with E-state index < -0.39 is 139 Å². The Morgan fingerprint density at radius 2 is 1.30 bits per heavy atom. The number of hydrogen-bond donors (Lipinski definition) is 12. The van der Waals surface area contributed by atoms with Gasteiger partial charge in [-0.25, -0.2) is 0 Å². The van der Waals surface area contributed by atoms with Crippen molar-refractivity contribution in [1.29, 1.82) is 0 Å². The molecule has 0 aromatic rings. The number of hydrogen-bond acceptors (Lipinski definition) is 15. The second-order valence-electron chi connectivity index (χ2n) is 18.6. The van der Waals surface area contributed by atoms with Gasteiger partial charge in [0.2, 0.25) is 65.0 Å². The third-order valence-corrected chi connectivity index (χ3v) is 14.9. The Hall–Kier alpha value is -5.21. The van der Waals surface area contributed by atoms with Crippen LogP contribution in [0.5, 0.6) is 0 Å². The first-order valence-electron chi connectivity index (χ1n) is 24.1. The molecule has 0 spiro atoms. The molecule has 2 heterocycles. The molecule has 26 heteroatoms. The van der Waals surface area contributed by atoms with E-state index in [-0.39, 0.29) is 49.3 Å². The van der Waals surface area contributed by atoms with E-state index in [1.54, 1.807) is 13.8 Å². The Morgan fingerprint density at radius 3 is 1.90 bits per heavy atom. The molecule has 3 aliphatic rings. The van der Waals surface area contributed by atoms with Gasteiger partial charge < -0.3 is 70.4 Å². The molecular formula is C44H75N13O11S2. The van der Waals surface area contributed by atoms with E-state index in [1.807, 2.05) is 13.8 Å². The van der Waals surface area contributed by atoms with Crippen LogP contribution in [0.2, 0.25) is 0 Å². The van der Waals surface area contributed by atoms with Crippen LogP contribution in [0.3, 0.4) is 0 Å². The lowest BCUT2D eigenvalue weighted by Gasteiger charge is -2.31. The van der Waals surface area contributed by atoms with E-state index in [9.17, 15) is 52.7 Å². The van der Waals surface area contributed by atoms with Crippen molar-refractivity contribution in [3.63, 3.8) is 0 Å². The van der Waals surface area contributed by atoms with Gasteiger partial charge in [0.15, 0.2) is 0 Å². The normalized spacial score (nSPS) is 25.8. The van der Waals surface area contributed by atoms with Gasteiger partial charge in [-0.3, -0.25) is 52.7 Å². The van der Waals surface area contributed by atoms with Gasteiger partial charge in [-0.1, -0.05) is 87.8 Å². The average molecular weight is 1030 g/mol. The van der Waals surface area contributed by atoms with Crippen LogP contribution in [0, 0.1) is 11.8 Å². The van der Waals surface area contributed by atoms with Crippen molar-refractivity contribution in [2.45, 2.75) is 166 Å². The number of primary amides is 3. The van der Waals surface area contributed by atoms with Gasteiger partial charge in [0, 0.05) is 24.1 Å². The first-order valence-corrected chi connectivity index (χ1v) is 26.6. The number of nitrogens with one attached hydrogen (secondary N) is 8. The Kier molecular flexibility index (Phi) is 25.2. The Labute approximate surface area is 416 Å². The molecule has 0 bridgehead atoms. The zero-order chi connectivity index (χ0) is 52.1. The van der Waals surface area contributed by atoms with Crippen molar-refractivity contribution >= 4 is 86.6 Å². The van der Waals surface area contributed by atoms with Crippen LogP contribution in [-0.2, 0) is 52.7 Å². The Balaban J connectivity index is 2.00. The number of likely N-dealkylation sites (tertiary alicyclic amines) is 1. The van der Waals surface area contributed by atoms with Crippen molar-refractivity contribution in [3.8, 4) is 0 Å². The zero-order valence-corrected chi connectivity index (χ0v) is 42.3. The molecule has 24 nitrogen and oxygen atoms in total.